The van der Waals surface area contributed by atoms with E-state index in [1.165, 1.54) is 0 Å². The molecule has 94 valence electrons. The van der Waals surface area contributed by atoms with Gasteiger partial charge >= 0.3 is 6.16 Å². The molecule has 0 bridgehead atoms. The van der Waals surface area contributed by atoms with Gasteiger partial charge in [-0.2, -0.15) is 11.8 Å². The highest BCUT2D eigenvalue weighted by Crippen LogP contribution is 2.29. The van der Waals surface area contributed by atoms with Crippen molar-refractivity contribution in [3.8, 4) is 0 Å². The third kappa shape index (κ3) is 2.71. The average molecular weight is 259 g/mol. The summed E-state index contributed by atoms with van der Waals surface area (Å²) in [6, 6.07) is 0. The van der Waals surface area contributed by atoms with Crippen LogP contribution in [0.15, 0.2) is 0 Å². The summed E-state index contributed by atoms with van der Waals surface area (Å²) in [7, 11) is 0. The first kappa shape index (κ1) is 12.2. The Balaban J connectivity index is 1.84. The van der Waals surface area contributed by atoms with E-state index < -0.39 is 18.0 Å². The number of hydroxylamine groups is 2. The van der Waals surface area contributed by atoms with Crippen molar-refractivity contribution in [1.82, 2.24) is 5.06 Å². The number of imide groups is 1. The molecule has 0 N–H and O–H groups in total. The molecule has 0 saturated carbocycles. The predicted octanol–water partition coefficient (Wildman–Crippen LogP) is 1.10. The number of ether oxygens (including phenoxy) is 1. The quantitative estimate of drug-likeness (QED) is 0.546. The molecule has 2 heterocycles. The summed E-state index contributed by atoms with van der Waals surface area (Å²) in [5.41, 5.74) is 0. The van der Waals surface area contributed by atoms with Crippen LogP contribution in [-0.2, 0) is 19.2 Å². The lowest BCUT2D eigenvalue weighted by atomic mass is 10.2. The van der Waals surface area contributed by atoms with Crippen LogP contribution in [-0.4, -0.2) is 40.1 Å². The van der Waals surface area contributed by atoms with E-state index in [-0.39, 0.29) is 24.2 Å². The highest BCUT2D eigenvalue weighted by Gasteiger charge is 2.35. The van der Waals surface area contributed by atoms with Gasteiger partial charge in [-0.3, -0.25) is 14.4 Å². The molecule has 0 aromatic rings. The minimum absolute atomic E-state index is 0.0851. The van der Waals surface area contributed by atoms with E-state index in [0.29, 0.717) is 5.06 Å². The second-order valence-corrected chi connectivity index (χ2v) is 5.43. The SMILES string of the molecule is C[C@@H]1SCC[C@@H]1OC(=O)ON1C(=O)CCC1=O. The third-order valence-corrected chi connectivity index (χ3v) is 4.03. The molecule has 2 rings (SSSR count). The molecule has 2 atom stereocenters. The van der Waals surface area contributed by atoms with Crippen molar-refractivity contribution in [2.24, 2.45) is 0 Å². The van der Waals surface area contributed by atoms with Crippen molar-refractivity contribution in [3.05, 3.63) is 0 Å². The summed E-state index contributed by atoms with van der Waals surface area (Å²) < 4.78 is 5.05. The number of nitrogens with zero attached hydrogens (tertiary/aromatic N) is 1. The normalized spacial score (nSPS) is 28.6. The molecule has 7 heteroatoms. The van der Waals surface area contributed by atoms with Crippen molar-refractivity contribution in [2.45, 2.75) is 37.5 Å². The van der Waals surface area contributed by atoms with Crippen LogP contribution >= 0.6 is 11.8 Å². The Kier molecular flexibility index (Phi) is 3.56. The van der Waals surface area contributed by atoms with Gasteiger partial charge < -0.3 is 4.74 Å². The van der Waals surface area contributed by atoms with Crippen LogP contribution in [0.1, 0.15) is 26.2 Å². The van der Waals surface area contributed by atoms with Crippen LogP contribution in [0, 0.1) is 0 Å². The average Bonchev–Trinajstić information content (AvgIpc) is 2.80. The van der Waals surface area contributed by atoms with Crippen molar-refractivity contribution < 1.29 is 24.0 Å². The Hall–Kier alpha value is -1.24. The Morgan fingerprint density at radius 2 is 2.00 bits per heavy atom. The van der Waals surface area contributed by atoms with Crippen molar-refractivity contribution in [1.29, 1.82) is 0 Å². The number of carbonyl (C=O) groups is 3. The fourth-order valence-electron chi connectivity index (χ4n) is 1.74. The van der Waals surface area contributed by atoms with Crippen LogP contribution in [0.4, 0.5) is 4.79 Å². The van der Waals surface area contributed by atoms with Gasteiger partial charge in [-0.25, -0.2) is 4.79 Å². The second-order valence-electron chi connectivity index (χ2n) is 3.94. The van der Waals surface area contributed by atoms with E-state index >= 15 is 0 Å². The van der Waals surface area contributed by atoms with Gasteiger partial charge in [0.15, 0.2) is 0 Å². The van der Waals surface area contributed by atoms with Crippen LogP contribution in [0.25, 0.3) is 0 Å². The molecule has 0 radical (unpaired) electrons. The van der Waals surface area contributed by atoms with E-state index in [1.54, 1.807) is 11.8 Å². The largest absolute Gasteiger partial charge is 0.534 e. The lowest BCUT2D eigenvalue weighted by Gasteiger charge is -2.17. The molecule has 6 nitrogen and oxygen atoms in total. The zero-order chi connectivity index (χ0) is 12.4. The van der Waals surface area contributed by atoms with E-state index in [1.807, 2.05) is 6.92 Å². The van der Waals surface area contributed by atoms with Crippen LogP contribution in [0.2, 0.25) is 0 Å². The highest BCUT2D eigenvalue weighted by molar-refractivity contribution is 8.00. The fraction of sp³-hybridized carbons (Fsp3) is 0.700. The number of amides is 2. The van der Waals surface area contributed by atoms with Crippen molar-refractivity contribution in [3.63, 3.8) is 0 Å². The van der Waals surface area contributed by atoms with Crippen molar-refractivity contribution >= 4 is 29.7 Å². The lowest BCUT2D eigenvalue weighted by molar-refractivity contribution is -0.178. The molecule has 2 saturated heterocycles. The van der Waals surface area contributed by atoms with E-state index in [2.05, 4.69) is 4.84 Å². The molecule has 2 aliphatic heterocycles. The maximum Gasteiger partial charge on any atom is 0.534 e. The van der Waals surface area contributed by atoms with Gasteiger partial charge in [-0.05, 0) is 19.1 Å². The van der Waals surface area contributed by atoms with Gasteiger partial charge in [0.1, 0.15) is 6.10 Å². The Bertz CT molecular complexity index is 343. The maximum atomic E-state index is 11.4. The molecule has 0 aromatic heterocycles. The standard InChI is InChI=1S/C10H13NO5S/c1-6-7(4-5-17-6)15-10(14)16-11-8(12)2-3-9(11)13/h6-7H,2-5H2,1H3/t6-,7-/m0/s1. The molecule has 0 aliphatic carbocycles. The lowest BCUT2D eigenvalue weighted by Crippen LogP contribution is -2.34. The number of thioether (sulfide) groups is 1. The van der Waals surface area contributed by atoms with E-state index in [9.17, 15) is 14.4 Å². The maximum absolute atomic E-state index is 11.4. The number of rotatable bonds is 2. The summed E-state index contributed by atoms with van der Waals surface area (Å²) in [4.78, 5) is 38.4. The van der Waals surface area contributed by atoms with Gasteiger partial charge in [0.25, 0.3) is 11.8 Å². The first-order chi connectivity index (χ1) is 8.08. The van der Waals surface area contributed by atoms with Crippen LogP contribution in [0.5, 0.6) is 0 Å². The second kappa shape index (κ2) is 4.95. The summed E-state index contributed by atoms with van der Waals surface area (Å²) in [5.74, 6) is -0.0673. The number of carbonyl (C=O) groups excluding carboxylic acids is 3. The number of hydrogen-bond acceptors (Lipinski definition) is 6. The molecule has 17 heavy (non-hydrogen) atoms. The fourth-order valence-corrected chi connectivity index (χ4v) is 2.89. The molecular formula is C10H13NO5S. The molecular weight excluding hydrogens is 246 g/mol. The first-order valence-electron chi connectivity index (χ1n) is 5.44. The van der Waals surface area contributed by atoms with E-state index in [4.69, 9.17) is 4.74 Å². The summed E-state index contributed by atoms with van der Waals surface area (Å²) in [6.07, 6.45) is -0.250. The van der Waals surface area contributed by atoms with Gasteiger partial charge in [-0.15, -0.1) is 0 Å². The molecule has 2 amide bonds. The van der Waals surface area contributed by atoms with Gasteiger partial charge in [0.2, 0.25) is 0 Å². The Morgan fingerprint density at radius 3 is 2.53 bits per heavy atom. The first-order valence-corrected chi connectivity index (χ1v) is 6.49. The molecule has 0 spiro atoms. The Labute approximate surface area is 103 Å². The zero-order valence-corrected chi connectivity index (χ0v) is 10.2. The number of hydrogen-bond donors (Lipinski definition) is 0. The van der Waals surface area contributed by atoms with Gasteiger partial charge in [0.05, 0.1) is 0 Å². The van der Waals surface area contributed by atoms with Gasteiger partial charge in [0, 0.05) is 18.1 Å². The molecule has 0 aromatic carbocycles. The Morgan fingerprint density at radius 1 is 1.35 bits per heavy atom. The van der Waals surface area contributed by atoms with Crippen LogP contribution in [0.3, 0.4) is 0 Å². The van der Waals surface area contributed by atoms with Crippen molar-refractivity contribution in [2.75, 3.05) is 5.75 Å². The molecule has 2 fully saturated rings. The van der Waals surface area contributed by atoms with E-state index in [0.717, 1.165) is 12.2 Å². The highest BCUT2D eigenvalue weighted by atomic mass is 32.2. The third-order valence-electron chi connectivity index (χ3n) is 2.73. The summed E-state index contributed by atoms with van der Waals surface area (Å²) in [6.45, 7) is 1.96. The monoisotopic (exact) mass is 259 g/mol. The molecule has 2 aliphatic rings. The summed E-state index contributed by atoms with van der Waals surface area (Å²) >= 11 is 1.71. The van der Waals surface area contributed by atoms with Crippen LogP contribution < -0.4 is 0 Å². The summed E-state index contributed by atoms with van der Waals surface area (Å²) in [5, 5.41) is 0.710. The predicted molar refractivity (Wildman–Crippen MR) is 59.0 cm³/mol. The topological polar surface area (TPSA) is 72.9 Å². The molecule has 0 unspecified atom stereocenters. The van der Waals surface area contributed by atoms with Gasteiger partial charge in [-0.1, -0.05) is 5.06 Å². The zero-order valence-electron chi connectivity index (χ0n) is 9.38. The minimum atomic E-state index is -0.979. The minimum Gasteiger partial charge on any atom is -0.428 e. The smallest absolute Gasteiger partial charge is 0.428 e.